The van der Waals surface area contributed by atoms with Gasteiger partial charge in [-0.05, 0) is 54.6 Å². The third kappa shape index (κ3) is 2.36. The van der Waals surface area contributed by atoms with Gasteiger partial charge in [0.25, 0.3) is 5.91 Å². The van der Waals surface area contributed by atoms with Crippen LogP contribution in [0.1, 0.15) is 24.2 Å². The first kappa shape index (κ1) is 13.3. The molecule has 18 heavy (non-hydrogen) atoms. The van der Waals surface area contributed by atoms with Crippen LogP contribution in [0, 0.1) is 3.57 Å². The molecular weight excluding hydrogens is 343 g/mol. The van der Waals surface area contributed by atoms with Gasteiger partial charge in [0.1, 0.15) is 5.54 Å². The number of piperazine rings is 1. The summed E-state index contributed by atoms with van der Waals surface area (Å²) >= 11 is 2.17. The number of hydrogen-bond acceptors (Lipinski definition) is 2. The van der Waals surface area contributed by atoms with Crippen molar-refractivity contribution in [2.24, 2.45) is 0 Å². The predicted molar refractivity (Wildman–Crippen MR) is 77.3 cm³/mol. The molecule has 1 aromatic rings. The molecule has 0 spiro atoms. The second-order valence-corrected chi connectivity index (χ2v) is 6.03. The molecule has 1 fully saturated rings. The number of carbonyl (C=O) groups excluding carboxylic acids is 2. The van der Waals surface area contributed by atoms with Crippen molar-refractivity contribution in [2.45, 2.75) is 19.4 Å². The van der Waals surface area contributed by atoms with Crippen molar-refractivity contribution < 1.29 is 9.59 Å². The van der Waals surface area contributed by atoms with Crippen molar-refractivity contribution in [1.29, 1.82) is 0 Å². The molecule has 1 aliphatic rings. The van der Waals surface area contributed by atoms with E-state index in [9.17, 15) is 9.59 Å². The minimum absolute atomic E-state index is 0.0895. The van der Waals surface area contributed by atoms with E-state index in [0.29, 0.717) is 18.7 Å². The van der Waals surface area contributed by atoms with Gasteiger partial charge in [0, 0.05) is 22.2 Å². The van der Waals surface area contributed by atoms with E-state index in [2.05, 4.69) is 27.9 Å². The Kier molecular flexibility index (Phi) is 3.61. The van der Waals surface area contributed by atoms with Crippen LogP contribution < -0.4 is 5.32 Å². The van der Waals surface area contributed by atoms with E-state index < -0.39 is 5.54 Å². The average Bonchev–Trinajstić information content (AvgIpc) is 2.32. The summed E-state index contributed by atoms with van der Waals surface area (Å²) in [5.41, 5.74) is -0.166. The van der Waals surface area contributed by atoms with Gasteiger partial charge in [-0.1, -0.05) is 6.07 Å². The fourth-order valence-corrected chi connectivity index (χ4v) is 2.58. The molecule has 0 aromatic heterocycles. The van der Waals surface area contributed by atoms with Gasteiger partial charge >= 0.3 is 0 Å². The zero-order valence-corrected chi connectivity index (χ0v) is 12.5. The quantitative estimate of drug-likeness (QED) is 0.776. The number of halogens is 1. The zero-order chi connectivity index (χ0) is 13.3. The maximum atomic E-state index is 12.5. The number of benzene rings is 1. The average molecular weight is 358 g/mol. The van der Waals surface area contributed by atoms with Crippen molar-refractivity contribution >= 4 is 34.4 Å². The monoisotopic (exact) mass is 358 g/mol. The Morgan fingerprint density at radius 3 is 2.83 bits per heavy atom. The van der Waals surface area contributed by atoms with Crippen LogP contribution in [-0.2, 0) is 4.79 Å². The largest absolute Gasteiger partial charge is 0.352 e. The lowest BCUT2D eigenvalue weighted by atomic mass is 9.97. The highest BCUT2D eigenvalue weighted by molar-refractivity contribution is 14.1. The van der Waals surface area contributed by atoms with Crippen LogP contribution in [0.3, 0.4) is 0 Å². The van der Waals surface area contributed by atoms with E-state index >= 15 is 0 Å². The zero-order valence-electron chi connectivity index (χ0n) is 10.4. The van der Waals surface area contributed by atoms with Crippen molar-refractivity contribution in [3.05, 3.63) is 33.4 Å². The van der Waals surface area contributed by atoms with Crippen LogP contribution >= 0.6 is 22.6 Å². The van der Waals surface area contributed by atoms with Crippen LogP contribution in [0.2, 0.25) is 0 Å². The summed E-state index contributed by atoms with van der Waals surface area (Å²) in [6.07, 6.45) is 0. The third-order valence-corrected chi connectivity index (χ3v) is 3.84. The molecule has 0 atom stereocenters. The van der Waals surface area contributed by atoms with Crippen LogP contribution in [0.4, 0.5) is 0 Å². The molecule has 0 aliphatic carbocycles. The van der Waals surface area contributed by atoms with Crippen LogP contribution in [-0.4, -0.2) is 35.3 Å². The van der Waals surface area contributed by atoms with E-state index in [0.717, 1.165) is 3.57 Å². The number of amides is 2. The summed E-state index contributed by atoms with van der Waals surface area (Å²) in [5.74, 6) is -0.193. The standard InChI is InChI=1S/C13H15IN2O2/c1-13(2)12(18)15-6-7-16(13)11(17)9-4-3-5-10(14)8-9/h3-5,8H,6-7H2,1-2H3,(H,15,18). The lowest BCUT2D eigenvalue weighted by Gasteiger charge is -2.41. The first-order chi connectivity index (χ1) is 8.43. The predicted octanol–water partition coefficient (Wildman–Crippen LogP) is 1.64. The first-order valence-electron chi connectivity index (χ1n) is 5.79. The molecule has 1 heterocycles. The Morgan fingerprint density at radius 2 is 2.17 bits per heavy atom. The molecule has 96 valence electrons. The molecule has 2 rings (SSSR count). The smallest absolute Gasteiger partial charge is 0.254 e. The molecule has 5 heteroatoms. The Bertz CT molecular complexity index is 500. The SMILES string of the molecule is CC1(C)C(=O)NCCN1C(=O)c1cccc(I)c1. The van der Waals surface area contributed by atoms with Crippen molar-refractivity contribution in [3.8, 4) is 0 Å². The summed E-state index contributed by atoms with van der Waals surface area (Å²) in [7, 11) is 0. The summed E-state index contributed by atoms with van der Waals surface area (Å²) in [5, 5.41) is 2.79. The molecule has 0 unspecified atom stereocenters. The van der Waals surface area contributed by atoms with Crippen molar-refractivity contribution in [3.63, 3.8) is 0 Å². The van der Waals surface area contributed by atoms with E-state index in [-0.39, 0.29) is 11.8 Å². The highest BCUT2D eigenvalue weighted by atomic mass is 127. The molecule has 1 saturated heterocycles. The summed E-state index contributed by atoms with van der Waals surface area (Å²) in [4.78, 5) is 25.9. The topological polar surface area (TPSA) is 49.4 Å². The van der Waals surface area contributed by atoms with Crippen LogP contribution in [0.15, 0.2) is 24.3 Å². The van der Waals surface area contributed by atoms with Gasteiger partial charge in [-0.3, -0.25) is 9.59 Å². The maximum absolute atomic E-state index is 12.5. The van der Waals surface area contributed by atoms with Crippen LogP contribution in [0.25, 0.3) is 0 Å². The van der Waals surface area contributed by atoms with Gasteiger partial charge in [-0.15, -0.1) is 0 Å². The fourth-order valence-electron chi connectivity index (χ4n) is 2.03. The molecule has 0 bridgehead atoms. The Labute approximate surface area is 120 Å². The van der Waals surface area contributed by atoms with Gasteiger partial charge in [-0.2, -0.15) is 0 Å². The second kappa shape index (κ2) is 4.87. The van der Waals surface area contributed by atoms with E-state index in [1.807, 2.05) is 18.2 Å². The summed E-state index contributed by atoms with van der Waals surface area (Å²) in [6, 6.07) is 7.41. The Hall–Kier alpha value is -1.11. The molecule has 0 radical (unpaired) electrons. The molecule has 1 aliphatic heterocycles. The summed E-state index contributed by atoms with van der Waals surface area (Å²) < 4.78 is 1.01. The van der Waals surface area contributed by atoms with Gasteiger partial charge in [0.15, 0.2) is 0 Å². The Morgan fingerprint density at radius 1 is 1.44 bits per heavy atom. The minimum Gasteiger partial charge on any atom is -0.352 e. The number of rotatable bonds is 1. The van der Waals surface area contributed by atoms with E-state index in [1.165, 1.54) is 0 Å². The lowest BCUT2D eigenvalue weighted by molar-refractivity contribution is -0.133. The van der Waals surface area contributed by atoms with Crippen molar-refractivity contribution in [1.82, 2.24) is 10.2 Å². The summed E-state index contributed by atoms with van der Waals surface area (Å²) in [6.45, 7) is 4.60. The maximum Gasteiger partial charge on any atom is 0.254 e. The van der Waals surface area contributed by atoms with E-state index in [4.69, 9.17) is 0 Å². The number of carbonyl (C=O) groups is 2. The lowest BCUT2D eigenvalue weighted by Crippen LogP contribution is -2.63. The number of nitrogens with one attached hydrogen (secondary N) is 1. The van der Waals surface area contributed by atoms with Crippen molar-refractivity contribution in [2.75, 3.05) is 13.1 Å². The first-order valence-corrected chi connectivity index (χ1v) is 6.86. The molecule has 1 aromatic carbocycles. The van der Waals surface area contributed by atoms with Gasteiger partial charge in [0.2, 0.25) is 5.91 Å². The number of nitrogens with zero attached hydrogens (tertiary/aromatic N) is 1. The van der Waals surface area contributed by atoms with Gasteiger partial charge < -0.3 is 10.2 Å². The highest BCUT2D eigenvalue weighted by Gasteiger charge is 2.40. The molecule has 4 nitrogen and oxygen atoms in total. The fraction of sp³-hybridized carbons (Fsp3) is 0.385. The number of hydrogen-bond donors (Lipinski definition) is 1. The molecule has 0 saturated carbocycles. The van der Waals surface area contributed by atoms with E-state index in [1.54, 1.807) is 24.8 Å². The normalized spacial score (nSPS) is 18.4. The van der Waals surface area contributed by atoms with Gasteiger partial charge in [0.05, 0.1) is 0 Å². The molecule has 2 amide bonds. The van der Waals surface area contributed by atoms with Crippen LogP contribution in [0.5, 0.6) is 0 Å². The molecule has 1 N–H and O–H groups in total. The Balaban J connectivity index is 2.31. The highest BCUT2D eigenvalue weighted by Crippen LogP contribution is 2.21. The second-order valence-electron chi connectivity index (χ2n) is 4.78. The minimum atomic E-state index is -0.795. The third-order valence-electron chi connectivity index (χ3n) is 3.17. The van der Waals surface area contributed by atoms with Gasteiger partial charge in [-0.25, -0.2) is 0 Å². The molecular formula is C13H15IN2O2.